The molecule has 2 N–H and O–H groups in total. The summed E-state index contributed by atoms with van der Waals surface area (Å²) < 4.78 is 2.14. The summed E-state index contributed by atoms with van der Waals surface area (Å²) in [5.41, 5.74) is 7.75. The zero-order valence-electron chi connectivity index (χ0n) is 8.69. The molecule has 0 amide bonds. The van der Waals surface area contributed by atoms with Gasteiger partial charge in [0.1, 0.15) is 5.82 Å². The lowest BCUT2D eigenvalue weighted by molar-refractivity contribution is 0.665. The molecule has 0 unspecified atom stereocenters. The molecule has 0 aliphatic heterocycles. The smallest absolute Gasteiger partial charge is 0.116 e. The van der Waals surface area contributed by atoms with Gasteiger partial charge in [0.2, 0.25) is 0 Å². The highest BCUT2D eigenvalue weighted by molar-refractivity contribution is 5.52. The fourth-order valence-corrected chi connectivity index (χ4v) is 2.51. The lowest BCUT2D eigenvalue weighted by atomic mass is 10.1. The molecule has 0 saturated heterocycles. The van der Waals surface area contributed by atoms with Gasteiger partial charge < -0.3 is 10.1 Å². The normalized spacial score (nSPS) is 17.6. The number of nitrogens with two attached hydrogens (primary N) is 1. The molecule has 0 bridgehead atoms. The van der Waals surface area contributed by atoms with Gasteiger partial charge in [-0.1, -0.05) is 12.8 Å². The van der Waals surface area contributed by atoms with Crippen LogP contribution in [0.4, 0.5) is 5.69 Å². The van der Waals surface area contributed by atoms with E-state index in [4.69, 9.17) is 5.73 Å². The maximum absolute atomic E-state index is 5.80. The van der Waals surface area contributed by atoms with Gasteiger partial charge >= 0.3 is 0 Å². The zero-order valence-corrected chi connectivity index (χ0v) is 8.69. The second-order valence-corrected chi connectivity index (χ2v) is 4.36. The van der Waals surface area contributed by atoms with Crippen LogP contribution in [-0.4, -0.2) is 9.38 Å². The van der Waals surface area contributed by atoms with E-state index in [0.29, 0.717) is 5.92 Å². The van der Waals surface area contributed by atoms with E-state index in [1.54, 1.807) is 0 Å². The summed E-state index contributed by atoms with van der Waals surface area (Å²) in [5.74, 6) is 1.82. The van der Waals surface area contributed by atoms with Gasteiger partial charge in [0.15, 0.2) is 0 Å². The first-order valence-electron chi connectivity index (χ1n) is 5.57. The Kier molecular flexibility index (Phi) is 1.91. The second-order valence-electron chi connectivity index (χ2n) is 4.36. The minimum absolute atomic E-state index is 0.634. The standard InChI is InChI=1S/C12H15N3/c13-10-5-6-11-7-14-12(15(11)8-10)9-3-1-2-4-9/h5-9H,1-4,13H2. The third-order valence-electron chi connectivity index (χ3n) is 3.30. The lowest BCUT2D eigenvalue weighted by Gasteiger charge is -2.08. The van der Waals surface area contributed by atoms with Crippen LogP contribution in [-0.2, 0) is 0 Å². The van der Waals surface area contributed by atoms with Gasteiger partial charge in [-0.05, 0) is 25.0 Å². The van der Waals surface area contributed by atoms with Crippen molar-refractivity contribution < 1.29 is 0 Å². The predicted octanol–water partition coefficient (Wildman–Crippen LogP) is 2.57. The highest BCUT2D eigenvalue weighted by atomic mass is 15.0. The molecule has 2 aromatic heterocycles. The van der Waals surface area contributed by atoms with Crippen LogP contribution in [0.15, 0.2) is 24.5 Å². The third kappa shape index (κ3) is 1.39. The number of nitrogen functional groups attached to an aromatic ring is 1. The van der Waals surface area contributed by atoms with E-state index in [1.807, 2.05) is 24.5 Å². The Bertz CT molecular complexity index is 481. The molecule has 1 fully saturated rings. The van der Waals surface area contributed by atoms with E-state index in [1.165, 1.54) is 31.5 Å². The molecule has 0 aromatic carbocycles. The average Bonchev–Trinajstić information content (AvgIpc) is 2.83. The molecule has 2 heterocycles. The van der Waals surface area contributed by atoms with Crippen molar-refractivity contribution in [1.29, 1.82) is 0 Å². The Hall–Kier alpha value is -1.51. The number of aromatic nitrogens is 2. The highest BCUT2D eigenvalue weighted by Crippen LogP contribution is 2.33. The molecule has 3 rings (SSSR count). The fourth-order valence-electron chi connectivity index (χ4n) is 2.51. The van der Waals surface area contributed by atoms with Gasteiger partial charge in [-0.2, -0.15) is 0 Å². The Balaban J connectivity index is 2.13. The van der Waals surface area contributed by atoms with Crippen LogP contribution in [0.2, 0.25) is 0 Å². The first kappa shape index (κ1) is 8.77. The largest absolute Gasteiger partial charge is 0.398 e. The van der Waals surface area contributed by atoms with Crippen LogP contribution < -0.4 is 5.73 Å². The molecule has 3 heteroatoms. The van der Waals surface area contributed by atoms with Gasteiger partial charge in [-0.3, -0.25) is 0 Å². The number of anilines is 1. The quantitative estimate of drug-likeness (QED) is 0.770. The molecule has 0 atom stereocenters. The number of nitrogens with zero attached hydrogens (tertiary/aromatic N) is 2. The molecule has 0 radical (unpaired) electrons. The van der Waals surface area contributed by atoms with Crippen molar-refractivity contribution in [2.45, 2.75) is 31.6 Å². The summed E-state index contributed by atoms with van der Waals surface area (Å²) >= 11 is 0. The number of imidazole rings is 1. The third-order valence-corrected chi connectivity index (χ3v) is 3.30. The van der Waals surface area contributed by atoms with Crippen molar-refractivity contribution in [2.75, 3.05) is 5.73 Å². The topological polar surface area (TPSA) is 43.3 Å². The zero-order chi connectivity index (χ0) is 10.3. The van der Waals surface area contributed by atoms with Gasteiger partial charge in [-0.25, -0.2) is 4.98 Å². The SMILES string of the molecule is Nc1ccc2cnc(C3CCCC3)n2c1. The molecule has 0 spiro atoms. The summed E-state index contributed by atoms with van der Waals surface area (Å²) in [4.78, 5) is 4.53. The predicted molar refractivity (Wildman–Crippen MR) is 60.8 cm³/mol. The maximum atomic E-state index is 5.80. The summed E-state index contributed by atoms with van der Waals surface area (Å²) in [6.07, 6.45) is 9.13. The Morgan fingerprint density at radius 2 is 2.07 bits per heavy atom. The first-order valence-corrected chi connectivity index (χ1v) is 5.57. The molecule has 3 nitrogen and oxygen atoms in total. The van der Waals surface area contributed by atoms with E-state index in [0.717, 1.165) is 11.2 Å². The Labute approximate surface area is 88.9 Å². The molecule has 1 saturated carbocycles. The van der Waals surface area contributed by atoms with Gasteiger partial charge in [0, 0.05) is 17.8 Å². The van der Waals surface area contributed by atoms with Crippen LogP contribution >= 0.6 is 0 Å². The van der Waals surface area contributed by atoms with E-state index in [2.05, 4.69) is 9.38 Å². The van der Waals surface area contributed by atoms with E-state index < -0.39 is 0 Å². The van der Waals surface area contributed by atoms with Gasteiger partial charge in [0.25, 0.3) is 0 Å². The summed E-state index contributed by atoms with van der Waals surface area (Å²) in [5, 5.41) is 0. The molecular weight excluding hydrogens is 186 g/mol. The average molecular weight is 201 g/mol. The molecule has 2 aromatic rings. The van der Waals surface area contributed by atoms with Crippen molar-refractivity contribution >= 4 is 11.2 Å². The minimum atomic E-state index is 0.634. The van der Waals surface area contributed by atoms with E-state index >= 15 is 0 Å². The maximum Gasteiger partial charge on any atom is 0.116 e. The van der Waals surface area contributed by atoms with E-state index in [-0.39, 0.29) is 0 Å². The number of hydrogen-bond donors (Lipinski definition) is 1. The van der Waals surface area contributed by atoms with Crippen LogP contribution in [0.3, 0.4) is 0 Å². The van der Waals surface area contributed by atoms with E-state index in [9.17, 15) is 0 Å². The van der Waals surface area contributed by atoms with Crippen LogP contribution in [0.25, 0.3) is 5.52 Å². The number of fused-ring (bicyclic) bond motifs is 1. The summed E-state index contributed by atoms with van der Waals surface area (Å²) in [6.45, 7) is 0. The van der Waals surface area contributed by atoms with Crippen molar-refractivity contribution in [3.63, 3.8) is 0 Å². The van der Waals surface area contributed by atoms with Crippen molar-refractivity contribution in [3.8, 4) is 0 Å². The monoisotopic (exact) mass is 201 g/mol. The minimum Gasteiger partial charge on any atom is -0.398 e. The molecule has 78 valence electrons. The number of rotatable bonds is 1. The molecule has 1 aliphatic carbocycles. The first-order chi connectivity index (χ1) is 7.34. The van der Waals surface area contributed by atoms with Gasteiger partial charge in [-0.15, -0.1) is 0 Å². The number of hydrogen-bond acceptors (Lipinski definition) is 2. The number of pyridine rings is 1. The second kappa shape index (κ2) is 3.26. The van der Waals surface area contributed by atoms with Crippen molar-refractivity contribution in [3.05, 3.63) is 30.4 Å². The Morgan fingerprint density at radius 3 is 2.87 bits per heavy atom. The Morgan fingerprint density at radius 1 is 1.27 bits per heavy atom. The lowest BCUT2D eigenvalue weighted by Crippen LogP contribution is -2.00. The molecule has 15 heavy (non-hydrogen) atoms. The van der Waals surface area contributed by atoms with Gasteiger partial charge in [0.05, 0.1) is 11.7 Å². The summed E-state index contributed by atoms with van der Waals surface area (Å²) in [6, 6.07) is 3.95. The van der Waals surface area contributed by atoms with Crippen molar-refractivity contribution in [1.82, 2.24) is 9.38 Å². The highest BCUT2D eigenvalue weighted by Gasteiger charge is 2.20. The van der Waals surface area contributed by atoms with Crippen LogP contribution in [0.1, 0.15) is 37.4 Å². The molecular formula is C12H15N3. The van der Waals surface area contributed by atoms with Crippen LogP contribution in [0.5, 0.6) is 0 Å². The van der Waals surface area contributed by atoms with Crippen LogP contribution in [0, 0.1) is 0 Å². The fraction of sp³-hybridized carbons (Fsp3) is 0.417. The molecule has 1 aliphatic rings. The van der Waals surface area contributed by atoms with Crippen molar-refractivity contribution in [2.24, 2.45) is 0 Å². The summed E-state index contributed by atoms with van der Waals surface area (Å²) in [7, 11) is 0.